The maximum atomic E-state index is 13.3. The molecule has 2 aromatic rings. The quantitative estimate of drug-likeness (QED) is 0.801. The number of hydrogen-bond acceptors (Lipinski definition) is 3. The highest BCUT2D eigenvalue weighted by molar-refractivity contribution is 5.50. The Bertz CT molecular complexity index is 529. The third-order valence-corrected chi connectivity index (χ3v) is 2.35. The summed E-state index contributed by atoms with van der Waals surface area (Å²) in [6.07, 6.45) is 0. The Morgan fingerprint density at radius 1 is 1.18 bits per heavy atom. The minimum Gasteiger partial charge on any atom is -0.508 e. The molecule has 2 aromatic carbocycles. The summed E-state index contributed by atoms with van der Waals surface area (Å²) in [4.78, 5) is 0. The number of ether oxygens (including phenoxy) is 1. The molecule has 0 unspecified atom stereocenters. The molecule has 3 N–H and O–H groups in total. The molecule has 0 amide bonds. The van der Waals surface area contributed by atoms with Gasteiger partial charge in [0.05, 0.1) is 0 Å². The van der Waals surface area contributed by atoms with Gasteiger partial charge in [0, 0.05) is 17.3 Å². The highest BCUT2D eigenvalue weighted by atomic mass is 19.1. The fourth-order valence-corrected chi connectivity index (χ4v) is 1.43. The number of phenolic OH excluding ortho intramolecular Hbond substituents is 1. The Balaban J connectivity index is 2.10. The Kier molecular flexibility index (Phi) is 3.14. The predicted octanol–water partition coefficient (Wildman–Crippen LogP) is 2.69. The molecule has 2 rings (SSSR count). The third-order valence-electron chi connectivity index (χ3n) is 2.35. The first kappa shape index (κ1) is 11.3. The van der Waals surface area contributed by atoms with Crippen LogP contribution >= 0.6 is 0 Å². The summed E-state index contributed by atoms with van der Waals surface area (Å²) in [5, 5.41) is 9.19. The number of nitrogens with two attached hydrogens (primary N) is 1. The van der Waals surface area contributed by atoms with Crippen molar-refractivity contribution in [1.29, 1.82) is 0 Å². The van der Waals surface area contributed by atoms with Gasteiger partial charge in [-0.3, -0.25) is 0 Å². The summed E-state index contributed by atoms with van der Waals surface area (Å²) in [6.45, 7) is 0.160. The second-order valence-corrected chi connectivity index (χ2v) is 3.60. The number of halogens is 1. The van der Waals surface area contributed by atoms with E-state index in [1.165, 1.54) is 18.2 Å². The predicted molar refractivity (Wildman–Crippen MR) is 63.3 cm³/mol. The number of nitrogen functional groups attached to an aromatic ring is 1. The molecule has 0 aliphatic carbocycles. The number of para-hydroxylation sites is 1. The van der Waals surface area contributed by atoms with Crippen LogP contribution in [0.4, 0.5) is 10.1 Å². The first-order valence-electron chi connectivity index (χ1n) is 5.11. The molecule has 4 heteroatoms. The van der Waals surface area contributed by atoms with Gasteiger partial charge in [0.25, 0.3) is 0 Å². The number of aromatic hydroxyl groups is 1. The van der Waals surface area contributed by atoms with Gasteiger partial charge in [-0.05, 0) is 24.3 Å². The van der Waals surface area contributed by atoms with E-state index in [1.54, 1.807) is 24.3 Å². The van der Waals surface area contributed by atoms with Crippen LogP contribution < -0.4 is 10.5 Å². The first-order chi connectivity index (χ1) is 8.16. The van der Waals surface area contributed by atoms with E-state index in [0.29, 0.717) is 11.3 Å². The molecule has 3 nitrogen and oxygen atoms in total. The van der Waals surface area contributed by atoms with Crippen LogP contribution in [0.15, 0.2) is 42.5 Å². The first-order valence-corrected chi connectivity index (χ1v) is 5.11. The summed E-state index contributed by atoms with van der Waals surface area (Å²) in [6, 6.07) is 10.7. The fraction of sp³-hybridized carbons (Fsp3) is 0.0769. The van der Waals surface area contributed by atoms with Crippen molar-refractivity contribution in [2.24, 2.45) is 0 Å². The summed E-state index contributed by atoms with van der Waals surface area (Å²) in [7, 11) is 0. The molecule has 0 bridgehead atoms. The van der Waals surface area contributed by atoms with Gasteiger partial charge >= 0.3 is 0 Å². The topological polar surface area (TPSA) is 55.5 Å². The van der Waals surface area contributed by atoms with E-state index in [-0.39, 0.29) is 18.1 Å². The van der Waals surface area contributed by atoms with Crippen LogP contribution in [0.3, 0.4) is 0 Å². The van der Waals surface area contributed by atoms with Crippen LogP contribution in [0.2, 0.25) is 0 Å². The van der Waals surface area contributed by atoms with Crippen LogP contribution in [0.25, 0.3) is 0 Å². The van der Waals surface area contributed by atoms with Crippen molar-refractivity contribution < 1.29 is 14.2 Å². The van der Waals surface area contributed by atoms with Gasteiger partial charge in [0.15, 0.2) is 11.6 Å². The standard InChI is InChI=1S/C13H12FNO2/c14-11-3-1-2-4-13(11)17-8-9-5-6-10(16)7-12(9)15/h1-7,16H,8,15H2. The molecule has 0 aromatic heterocycles. The zero-order chi connectivity index (χ0) is 12.3. The summed E-state index contributed by atoms with van der Waals surface area (Å²) in [5.41, 5.74) is 6.81. The van der Waals surface area contributed by atoms with E-state index in [0.717, 1.165) is 0 Å². The zero-order valence-electron chi connectivity index (χ0n) is 9.06. The van der Waals surface area contributed by atoms with Crippen LogP contribution in [0, 0.1) is 5.82 Å². The molecule has 0 radical (unpaired) electrons. The van der Waals surface area contributed by atoms with Crippen LogP contribution in [0.5, 0.6) is 11.5 Å². The van der Waals surface area contributed by atoms with Gasteiger partial charge in [0.2, 0.25) is 0 Å². The molecule has 0 aliphatic heterocycles. The van der Waals surface area contributed by atoms with E-state index >= 15 is 0 Å². The molecule has 17 heavy (non-hydrogen) atoms. The number of hydrogen-bond donors (Lipinski definition) is 2. The lowest BCUT2D eigenvalue weighted by Gasteiger charge is -2.09. The van der Waals surface area contributed by atoms with Crippen molar-refractivity contribution in [2.45, 2.75) is 6.61 Å². The Hall–Kier alpha value is -2.23. The second-order valence-electron chi connectivity index (χ2n) is 3.60. The van der Waals surface area contributed by atoms with E-state index < -0.39 is 5.82 Å². The highest BCUT2D eigenvalue weighted by Crippen LogP contribution is 2.22. The Morgan fingerprint density at radius 3 is 2.65 bits per heavy atom. The summed E-state index contributed by atoms with van der Waals surface area (Å²) >= 11 is 0. The lowest BCUT2D eigenvalue weighted by atomic mass is 10.2. The third kappa shape index (κ3) is 2.66. The van der Waals surface area contributed by atoms with Gasteiger partial charge in [-0.25, -0.2) is 4.39 Å². The van der Waals surface area contributed by atoms with Gasteiger partial charge in [-0.1, -0.05) is 12.1 Å². The second kappa shape index (κ2) is 4.74. The molecule has 88 valence electrons. The van der Waals surface area contributed by atoms with Crippen LogP contribution in [0.1, 0.15) is 5.56 Å². The van der Waals surface area contributed by atoms with E-state index in [1.807, 2.05) is 0 Å². The normalized spacial score (nSPS) is 10.2. The van der Waals surface area contributed by atoms with Gasteiger partial charge in [-0.15, -0.1) is 0 Å². The molecule has 0 saturated heterocycles. The number of anilines is 1. The van der Waals surface area contributed by atoms with Crippen molar-refractivity contribution in [3.8, 4) is 11.5 Å². The number of rotatable bonds is 3. The minimum absolute atomic E-state index is 0.0946. The monoisotopic (exact) mass is 233 g/mol. The maximum Gasteiger partial charge on any atom is 0.165 e. The van der Waals surface area contributed by atoms with Crippen molar-refractivity contribution in [1.82, 2.24) is 0 Å². The fourth-order valence-electron chi connectivity index (χ4n) is 1.43. The van der Waals surface area contributed by atoms with Crippen molar-refractivity contribution in [2.75, 3.05) is 5.73 Å². The van der Waals surface area contributed by atoms with E-state index in [4.69, 9.17) is 10.5 Å². The van der Waals surface area contributed by atoms with Crippen LogP contribution in [-0.2, 0) is 6.61 Å². The largest absolute Gasteiger partial charge is 0.508 e. The summed E-state index contributed by atoms with van der Waals surface area (Å²) in [5.74, 6) is -0.137. The average molecular weight is 233 g/mol. The Morgan fingerprint density at radius 2 is 1.94 bits per heavy atom. The van der Waals surface area contributed by atoms with Gasteiger partial charge in [-0.2, -0.15) is 0 Å². The lowest BCUT2D eigenvalue weighted by Crippen LogP contribution is -2.01. The lowest BCUT2D eigenvalue weighted by molar-refractivity contribution is 0.291. The molecule has 0 aliphatic rings. The summed E-state index contributed by atoms with van der Waals surface area (Å²) < 4.78 is 18.6. The van der Waals surface area contributed by atoms with Crippen molar-refractivity contribution in [3.63, 3.8) is 0 Å². The molecule has 0 saturated carbocycles. The highest BCUT2D eigenvalue weighted by Gasteiger charge is 2.04. The minimum atomic E-state index is -0.412. The smallest absolute Gasteiger partial charge is 0.165 e. The Labute approximate surface area is 98.3 Å². The van der Waals surface area contributed by atoms with Crippen molar-refractivity contribution in [3.05, 3.63) is 53.8 Å². The average Bonchev–Trinajstić information content (AvgIpc) is 2.30. The molecular formula is C13H12FNO2. The molecular weight excluding hydrogens is 221 g/mol. The van der Waals surface area contributed by atoms with Crippen molar-refractivity contribution >= 4 is 5.69 Å². The van der Waals surface area contributed by atoms with Gasteiger partial charge in [0.1, 0.15) is 12.4 Å². The number of benzene rings is 2. The maximum absolute atomic E-state index is 13.3. The van der Waals surface area contributed by atoms with E-state index in [9.17, 15) is 9.50 Å². The molecule has 0 spiro atoms. The molecule has 0 heterocycles. The van der Waals surface area contributed by atoms with Gasteiger partial charge < -0.3 is 15.6 Å². The zero-order valence-corrected chi connectivity index (χ0v) is 9.06. The SMILES string of the molecule is Nc1cc(O)ccc1COc1ccccc1F. The molecule has 0 fully saturated rings. The number of phenols is 1. The van der Waals surface area contributed by atoms with E-state index in [2.05, 4.69) is 0 Å². The van der Waals surface area contributed by atoms with Crippen LogP contribution in [-0.4, -0.2) is 5.11 Å². The molecule has 0 atom stereocenters.